The zero-order chi connectivity index (χ0) is 20.7. The Bertz CT molecular complexity index is 1190. The Labute approximate surface area is 180 Å². The van der Waals surface area contributed by atoms with Gasteiger partial charge in [-0.3, -0.25) is 5.41 Å². The molecule has 1 aliphatic heterocycles. The highest BCUT2D eigenvalue weighted by atomic mass is 79.9. The van der Waals surface area contributed by atoms with E-state index >= 15 is 0 Å². The molecule has 0 radical (unpaired) electrons. The van der Waals surface area contributed by atoms with Crippen LogP contribution in [0.15, 0.2) is 40.9 Å². The van der Waals surface area contributed by atoms with Crippen molar-refractivity contribution in [2.75, 3.05) is 14.2 Å². The van der Waals surface area contributed by atoms with Crippen LogP contribution in [0.1, 0.15) is 17.2 Å². The van der Waals surface area contributed by atoms with E-state index < -0.39 is 11.8 Å². The van der Waals surface area contributed by atoms with Crippen molar-refractivity contribution in [1.82, 2.24) is 4.98 Å². The predicted molar refractivity (Wildman–Crippen MR) is 113 cm³/mol. The van der Waals surface area contributed by atoms with Crippen LogP contribution >= 0.6 is 27.5 Å². The summed E-state index contributed by atoms with van der Waals surface area (Å²) in [7, 11) is 3.09. The molecule has 2 unspecified atom stereocenters. The molecule has 8 heteroatoms. The number of ether oxygens (including phenoxy) is 3. The summed E-state index contributed by atoms with van der Waals surface area (Å²) in [5, 5.41) is 19.9. The van der Waals surface area contributed by atoms with E-state index in [-0.39, 0.29) is 5.90 Å². The highest BCUT2D eigenvalue weighted by Crippen LogP contribution is 2.48. The van der Waals surface area contributed by atoms with Gasteiger partial charge in [-0.2, -0.15) is 5.26 Å². The Morgan fingerprint density at radius 2 is 1.93 bits per heavy atom. The molecule has 146 valence electrons. The Morgan fingerprint density at radius 1 is 1.21 bits per heavy atom. The third-order valence-corrected chi connectivity index (χ3v) is 5.80. The molecule has 0 saturated heterocycles. The average Bonchev–Trinajstić information content (AvgIpc) is 2.73. The highest BCUT2D eigenvalue weighted by Gasteiger charge is 2.40. The summed E-state index contributed by atoms with van der Waals surface area (Å²) < 4.78 is 17.3. The zero-order valence-electron chi connectivity index (χ0n) is 15.5. The summed E-state index contributed by atoms with van der Waals surface area (Å²) in [6.45, 7) is 0. The molecule has 0 fully saturated rings. The average molecular weight is 473 g/mol. The number of benzene rings is 2. The number of rotatable bonds is 3. The molecule has 0 spiro atoms. The molecule has 0 bridgehead atoms. The molecule has 2 atom stereocenters. The summed E-state index contributed by atoms with van der Waals surface area (Å²) >= 11 is 9.95. The van der Waals surface area contributed by atoms with Gasteiger partial charge in [0.05, 0.1) is 36.4 Å². The lowest BCUT2D eigenvalue weighted by molar-refractivity contribution is 0.352. The second-order valence-electron chi connectivity index (χ2n) is 6.45. The van der Waals surface area contributed by atoms with E-state index in [1.807, 2.05) is 30.3 Å². The topological polar surface area (TPSA) is 88.2 Å². The van der Waals surface area contributed by atoms with Gasteiger partial charge in [0.15, 0.2) is 17.2 Å². The van der Waals surface area contributed by atoms with Crippen molar-refractivity contribution in [2.45, 2.75) is 5.92 Å². The Kier molecular flexibility index (Phi) is 5.07. The van der Waals surface area contributed by atoms with Gasteiger partial charge in [0.1, 0.15) is 11.1 Å². The molecule has 1 aliphatic rings. The van der Waals surface area contributed by atoms with E-state index in [9.17, 15) is 5.26 Å². The van der Waals surface area contributed by atoms with E-state index in [1.54, 1.807) is 20.3 Å². The number of nitrogens with one attached hydrogen (secondary N) is 1. The third-order valence-electron chi connectivity index (χ3n) is 4.92. The first kappa shape index (κ1) is 19.5. The molecule has 4 rings (SSSR count). The maximum absolute atomic E-state index is 9.80. The lowest BCUT2D eigenvalue weighted by Crippen LogP contribution is -2.32. The molecule has 2 aromatic carbocycles. The number of hydrogen-bond acceptors (Lipinski definition) is 6. The van der Waals surface area contributed by atoms with E-state index in [4.69, 9.17) is 31.2 Å². The van der Waals surface area contributed by atoms with Crippen molar-refractivity contribution in [3.63, 3.8) is 0 Å². The Balaban J connectivity index is 2.02. The molecular weight excluding hydrogens is 458 g/mol. The number of methoxy groups -OCH3 is 2. The molecule has 1 N–H and O–H groups in total. The summed E-state index contributed by atoms with van der Waals surface area (Å²) in [5.74, 6) is -0.0778. The number of fused-ring (bicyclic) bond motifs is 3. The molecule has 6 nitrogen and oxygen atoms in total. The maximum atomic E-state index is 9.80. The van der Waals surface area contributed by atoms with Crippen molar-refractivity contribution in [2.24, 2.45) is 5.92 Å². The summed E-state index contributed by atoms with van der Waals surface area (Å²) in [6, 6.07) is 13.2. The summed E-state index contributed by atoms with van der Waals surface area (Å²) in [6.07, 6.45) is 0. The van der Waals surface area contributed by atoms with Crippen LogP contribution in [0.4, 0.5) is 0 Å². The fraction of sp³-hybridized carbons (Fsp3) is 0.190. The molecule has 2 heterocycles. The fourth-order valence-corrected chi connectivity index (χ4v) is 4.49. The van der Waals surface area contributed by atoms with Gasteiger partial charge in [0.2, 0.25) is 5.90 Å². The van der Waals surface area contributed by atoms with Crippen LogP contribution in [0, 0.1) is 22.7 Å². The molecule has 0 aliphatic carbocycles. The normalized spacial score (nSPS) is 18.0. The number of aromatic nitrogens is 1. The van der Waals surface area contributed by atoms with Gasteiger partial charge < -0.3 is 14.2 Å². The third kappa shape index (κ3) is 3.09. The monoisotopic (exact) mass is 471 g/mol. The van der Waals surface area contributed by atoms with Crippen molar-refractivity contribution >= 4 is 44.2 Å². The number of hydrogen-bond donors (Lipinski definition) is 1. The van der Waals surface area contributed by atoms with Gasteiger partial charge >= 0.3 is 0 Å². The number of pyridine rings is 1. The fourth-order valence-electron chi connectivity index (χ4n) is 3.62. The summed E-state index contributed by atoms with van der Waals surface area (Å²) in [4.78, 5) is 4.57. The van der Waals surface area contributed by atoms with Gasteiger partial charge in [0, 0.05) is 10.8 Å². The number of nitrogens with zero attached hydrogens (tertiary/aromatic N) is 2. The Hall–Kier alpha value is -2.82. The highest BCUT2D eigenvalue weighted by molar-refractivity contribution is 9.10. The first-order chi connectivity index (χ1) is 14.0. The standard InChI is InChI=1S/C21H15BrClN3O3/c1-27-15-8-10(7-14(22)19(15)28-2)16-13(9-24)21(25)29-18-11-5-3-4-6-12(11)20(23)26-17(16)18/h3-8,13,16,25H,1-2H3. The van der Waals surface area contributed by atoms with Crippen LogP contribution in [0.5, 0.6) is 17.2 Å². The molecule has 3 aromatic rings. The maximum Gasteiger partial charge on any atom is 0.205 e. The van der Waals surface area contributed by atoms with E-state index in [1.165, 1.54) is 0 Å². The molecular formula is C21H15BrClN3O3. The lowest BCUT2D eigenvalue weighted by atomic mass is 9.81. The van der Waals surface area contributed by atoms with E-state index in [2.05, 4.69) is 27.0 Å². The molecule has 0 amide bonds. The Morgan fingerprint density at radius 3 is 2.59 bits per heavy atom. The van der Waals surface area contributed by atoms with Gasteiger partial charge in [-0.15, -0.1) is 0 Å². The van der Waals surface area contributed by atoms with E-state index in [0.717, 1.165) is 16.3 Å². The smallest absolute Gasteiger partial charge is 0.205 e. The number of nitriles is 1. The lowest BCUT2D eigenvalue weighted by Gasteiger charge is -2.30. The van der Waals surface area contributed by atoms with Crippen molar-refractivity contribution in [1.29, 1.82) is 10.7 Å². The second-order valence-corrected chi connectivity index (χ2v) is 7.66. The minimum atomic E-state index is -0.864. The van der Waals surface area contributed by atoms with Crippen LogP contribution in [0.3, 0.4) is 0 Å². The molecule has 29 heavy (non-hydrogen) atoms. The van der Waals surface area contributed by atoms with Crippen LogP contribution < -0.4 is 14.2 Å². The molecule has 1 aromatic heterocycles. The van der Waals surface area contributed by atoms with Crippen molar-refractivity contribution < 1.29 is 14.2 Å². The summed E-state index contributed by atoms with van der Waals surface area (Å²) in [5.41, 5.74) is 1.24. The van der Waals surface area contributed by atoms with Crippen LogP contribution in [0.25, 0.3) is 10.8 Å². The van der Waals surface area contributed by atoms with Gasteiger partial charge in [0.25, 0.3) is 0 Å². The molecule has 0 saturated carbocycles. The minimum Gasteiger partial charge on any atom is -0.493 e. The first-order valence-corrected chi connectivity index (χ1v) is 9.82. The van der Waals surface area contributed by atoms with Crippen molar-refractivity contribution in [3.05, 3.63) is 57.3 Å². The number of halogens is 2. The SMILES string of the molecule is COc1cc(C2c3nc(Cl)c4ccccc4c3OC(=N)C2C#N)cc(Br)c1OC. The zero-order valence-corrected chi connectivity index (χ0v) is 17.8. The van der Waals surface area contributed by atoms with Crippen LogP contribution in [-0.4, -0.2) is 25.1 Å². The minimum absolute atomic E-state index is 0.134. The predicted octanol–water partition coefficient (Wildman–Crippen LogP) is 5.31. The quantitative estimate of drug-likeness (QED) is 0.522. The van der Waals surface area contributed by atoms with E-state index in [0.29, 0.717) is 32.6 Å². The van der Waals surface area contributed by atoms with Crippen LogP contribution in [-0.2, 0) is 0 Å². The van der Waals surface area contributed by atoms with Crippen molar-refractivity contribution in [3.8, 4) is 23.3 Å². The largest absolute Gasteiger partial charge is 0.493 e. The van der Waals surface area contributed by atoms with Gasteiger partial charge in [-0.1, -0.05) is 35.9 Å². The van der Waals surface area contributed by atoms with Crippen LogP contribution in [0.2, 0.25) is 5.15 Å². The van der Waals surface area contributed by atoms with Gasteiger partial charge in [-0.05, 0) is 33.6 Å². The first-order valence-electron chi connectivity index (χ1n) is 8.65. The second kappa shape index (κ2) is 7.54. The van der Waals surface area contributed by atoms with Gasteiger partial charge in [-0.25, -0.2) is 4.98 Å².